The Kier molecular flexibility index (Phi) is 5.39. The lowest BCUT2D eigenvalue weighted by atomic mass is 9.98. The Labute approximate surface area is 174 Å². The Morgan fingerprint density at radius 1 is 1.13 bits per heavy atom. The van der Waals surface area contributed by atoms with E-state index in [1.54, 1.807) is 19.2 Å². The number of hydrogen-bond acceptors (Lipinski definition) is 6. The van der Waals surface area contributed by atoms with E-state index in [4.69, 9.17) is 10.00 Å². The molecule has 3 aromatic rings. The van der Waals surface area contributed by atoms with Crippen LogP contribution < -0.4 is 15.5 Å². The van der Waals surface area contributed by atoms with E-state index in [1.165, 1.54) is 6.20 Å². The van der Waals surface area contributed by atoms with Gasteiger partial charge in [0.05, 0.1) is 23.4 Å². The van der Waals surface area contributed by atoms with E-state index in [0.717, 1.165) is 23.3 Å². The zero-order valence-electron chi connectivity index (χ0n) is 16.3. The van der Waals surface area contributed by atoms with Crippen molar-refractivity contribution in [1.82, 2.24) is 15.7 Å². The summed E-state index contributed by atoms with van der Waals surface area (Å²) in [5.74, 6) is 0.930. The highest BCUT2D eigenvalue weighted by atomic mass is 16.5. The van der Waals surface area contributed by atoms with Crippen molar-refractivity contribution in [2.45, 2.75) is 12.5 Å². The van der Waals surface area contributed by atoms with E-state index in [0.29, 0.717) is 22.8 Å². The van der Waals surface area contributed by atoms with Crippen molar-refractivity contribution in [3.8, 4) is 17.6 Å². The monoisotopic (exact) mass is 397 g/mol. The van der Waals surface area contributed by atoms with Crippen molar-refractivity contribution in [3.63, 3.8) is 0 Å². The first-order valence-corrected chi connectivity index (χ1v) is 9.45. The molecule has 0 saturated carbocycles. The number of pyridine rings is 1. The highest BCUT2D eigenvalue weighted by molar-refractivity contribution is 6.01. The van der Waals surface area contributed by atoms with Gasteiger partial charge in [-0.05, 0) is 53.6 Å². The molecule has 0 aliphatic carbocycles. The summed E-state index contributed by atoms with van der Waals surface area (Å²) in [5.41, 5.74) is 7.17. The number of hydrazone groups is 1. The average molecular weight is 397 g/mol. The first-order valence-electron chi connectivity index (χ1n) is 9.45. The molecule has 1 aliphatic heterocycles. The fourth-order valence-corrected chi connectivity index (χ4v) is 3.18. The van der Waals surface area contributed by atoms with Crippen molar-refractivity contribution in [2.24, 2.45) is 5.10 Å². The fraction of sp³-hybridized carbons (Fsp3) is 0.130. The number of hydrogen-bond donors (Lipinski definition) is 2. The molecule has 2 aromatic carbocycles. The van der Waals surface area contributed by atoms with Gasteiger partial charge >= 0.3 is 0 Å². The Balaban J connectivity index is 1.41. The van der Waals surface area contributed by atoms with E-state index < -0.39 is 0 Å². The van der Waals surface area contributed by atoms with Gasteiger partial charge < -0.3 is 15.5 Å². The molecule has 1 amide bonds. The maximum absolute atomic E-state index is 11.7. The van der Waals surface area contributed by atoms with Gasteiger partial charge in [-0.3, -0.25) is 9.78 Å². The highest BCUT2D eigenvalue weighted by Crippen LogP contribution is 2.27. The lowest BCUT2D eigenvalue weighted by Gasteiger charge is -2.10. The predicted molar refractivity (Wildman–Crippen MR) is 112 cm³/mol. The van der Waals surface area contributed by atoms with Gasteiger partial charge in [0.2, 0.25) is 0 Å². The van der Waals surface area contributed by atoms with Crippen LogP contribution in [0.25, 0.3) is 0 Å². The van der Waals surface area contributed by atoms with Gasteiger partial charge in [0.1, 0.15) is 17.2 Å². The van der Waals surface area contributed by atoms with Crippen LogP contribution in [0.2, 0.25) is 0 Å². The Morgan fingerprint density at radius 2 is 1.90 bits per heavy atom. The molecule has 1 atom stereocenters. The van der Waals surface area contributed by atoms with Gasteiger partial charge in [-0.2, -0.15) is 10.4 Å². The molecule has 148 valence electrons. The second-order valence-corrected chi connectivity index (χ2v) is 6.76. The Bertz CT molecular complexity index is 1130. The number of rotatable bonds is 5. The zero-order chi connectivity index (χ0) is 20.9. The minimum Gasteiger partial charge on any atom is -0.457 e. The number of nitrogens with zero attached hydrogens (tertiary/aromatic N) is 3. The second-order valence-electron chi connectivity index (χ2n) is 6.76. The zero-order valence-corrected chi connectivity index (χ0v) is 16.3. The number of nitriles is 1. The molecule has 0 fully saturated rings. The van der Waals surface area contributed by atoms with Crippen LogP contribution in [0.1, 0.15) is 39.6 Å². The summed E-state index contributed by atoms with van der Waals surface area (Å²) in [6, 6.07) is 20.7. The van der Waals surface area contributed by atoms with Crippen LogP contribution in [0.4, 0.5) is 0 Å². The summed E-state index contributed by atoms with van der Waals surface area (Å²) in [7, 11) is 1.56. The van der Waals surface area contributed by atoms with Crippen molar-refractivity contribution in [3.05, 3.63) is 89.2 Å². The lowest BCUT2D eigenvalue weighted by Crippen LogP contribution is -2.18. The molecule has 1 unspecified atom stereocenters. The van der Waals surface area contributed by atoms with E-state index in [1.807, 2.05) is 48.5 Å². The van der Waals surface area contributed by atoms with Gasteiger partial charge in [0, 0.05) is 25.7 Å². The van der Waals surface area contributed by atoms with E-state index >= 15 is 0 Å². The SMILES string of the molecule is CNC(=O)c1cc(Oc2ccc(C3=NNC(c4ccc(C#N)cc4)C3)cc2)ccn1. The molecule has 4 rings (SSSR count). The molecule has 2 N–H and O–H groups in total. The van der Waals surface area contributed by atoms with E-state index in [2.05, 4.69) is 26.9 Å². The van der Waals surface area contributed by atoms with Gasteiger partial charge in [-0.25, -0.2) is 0 Å². The number of amides is 1. The molecule has 30 heavy (non-hydrogen) atoms. The summed E-state index contributed by atoms with van der Waals surface area (Å²) < 4.78 is 5.84. The summed E-state index contributed by atoms with van der Waals surface area (Å²) in [6.07, 6.45) is 2.29. The number of carbonyl (C=O) groups excluding carboxylic acids is 1. The number of carbonyl (C=O) groups is 1. The molecular weight excluding hydrogens is 378 g/mol. The minimum atomic E-state index is -0.264. The number of aromatic nitrogens is 1. The van der Waals surface area contributed by atoms with Gasteiger partial charge in [0.15, 0.2) is 0 Å². The standard InChI is InChI=1S/C23H19N5O2/c1-25-23(29)22-12-19(10-11-26-22)30-18-8-6-17(7-9-18)21-13-20(27-28-21)16-4-2-15(14-24)3-5-16/h2-12,20,27H,13H2,1H3,(H,25,29). The third kappa shape index (κ3) is 4.13. The molecule has 1 aliphatic rings. The van der Waals surface area contributed by atoms with E-state index in [-0.39, 0.29) is 11.9 Å². The fourth-order valence-electron chi connectivity index (χ4n) is 3.18. The number of nitrogens with one attached hydrogen (secondary N) is 2. The average Bonchev–Trinajstić information content (AvgIpc) is 3.29. The largest absolute Gasteiger partial charge is 0.457 e. The molecule has 2 heterocycles. The number of benzene rings is 2. The maximum Gasteiger partial charge on any atom is 0.269 e. The first kappa shape index (κ1) is 19.2. The molecule has 7 nitrogen and oxygen atoms in total. The van der Waals surface area contributed by atoms with E-state index in [9.17, 15) is 4.79 Å². The quantitative estimate of drug-likeness (QED) is 0.686. The smallest absolute Gasteiger partial charge is 0.269 e. The molecule has 7 heteroatoms. The number of ether oxygens (including phenoxy) is 1. The molecule has 0 radical (unpaired) electrons. The summed E-state index contributed by atoms with van der Waals surface area (Å²) >= 11 is 0. The molecule has 0 saturated heterocycles. The van der Waals surface area contributed by atoms with Crippen molar-refractivity contribution in [1.29, 1.82) is 5.26 Å². The van der Waals surface area contributed by atoms with Crippen molar-refractivity contribution < 1.29 is 9.53 Å². The van der Waals surface area contributed by atoms with Crippen LogP contribution in [0, 0.1) is 11.3 Å². The van der Waals surface area contributed by atoms with Crippen LogP contribution in [0.3, 0.4) is 0 Å². The van der Waals surface area contributed by atoms with Crippen LogP contribution in [0.15, 0.2) is 72.0 Å². The normalized spacial score (nSPS) is 14.9. The summed E-state index contributed by atoms with van der Waals surface area (Å²) in [4.78, 5) is 15.7. The van der Waals surface area contributed by atoms with Gasteiger partial charge in [-0.15, -0.1) is 0 Å². The molecule has 1 aromatic heterocycles. The molecule has 0 bridgehead atoms. The summed E-state index contributed by atoms with van der Waals surface area (Å²) in [6.45, 7) is 0. The maximum atomic E-state index is 11.7. The van der Waals surface area contributed by atoms with Crippen LogP contribution in [-0.4, -0.2) is 23.7 Å². The van der Waals surface area contributed by atoms with Crippen molar-refractivity contribution >= 4 is 11.6 Å². The van der Waals surface area contributed by atoms with Gasteiger partial charge in [-0.1, -0.05) is 12.1 Å². The van der Waals surface area contributed by atoms with Crippen LogP contribution >= 0.6 is 0 Å². The summed E-state index contributed by atoms with van der Waals surface area (Å²) in [5, 5.41) is 15.9. The van der Waals surface area contributed by atoms with Crippen molar-refractivity contribution in [2.75, 3.05) is 7.05 Å². The molecule has 0 spiro atoms. The topological polar surface area (TPSA) is 99.4 Å². The molecular formula is C23H19N5O2. The van der Waals surface area contributed by atoms with Crippen LogP contribution in [0.5, 0.6) is 11.5 Å². The van der Waals surface area contributed by atoms with Gasteiger partial charge in [0.25, 0.3) is 5.91 Å². The van der Waals surface area contributed by atoms with Crippen LogP contribution in [-0.2, 0) is 0 Å². The predicted octanol–water partition coefficient (Wildman–Crippen LogP) is 3.54. The second kappa shape index (κ2) is 8.45. The minimum absolute atomic E-state index is 0.0867. The third-order valence-electron chi connectivity index (χ3n) is 4.81. The third-order valence-corrected chi connectivity index (χ3v) is 4.81. The Morgan fingerprint density at radius 3 is 2.60 bits per heavy atom. The first-order chi connectivity index (χ1) is 14.7. The lowest BCUT2D eigenvalue weighted by molar-refractivity contribution is 0.0958. The Hall–Kier alpha value is -4.18. The highest BCUT2D eigenvalue weighted by Gasteiger charge is 2.21.